The van der Waals surface area contributed by atoms with E-state index in [4.69, 9.17) is 5.73 Å². The largest absolute Gasteiger partial charge is 0.353 e. The second kappa shape index (κ2) is 4.22. The van der Waals surface area contributed by atoms with E-state index in [0.29, 0.717) is 12.5 Å². The van der Waals surface area contributed by atoms with Crippen LogP contribution in [0.4, 0.5) is 0 Å². The lowest BCUT2D eigenvalue weighted by molar-refractivity contribution is 0.594. The lowest BCUT2D eigenvalue weighted by Crippen LogP contribution is -2.12. The number of sulfone groups is 1. The third-order valence-electron chi connectivity index (χ3n) is 3.01. The van der Waals surface area contributed by atoms with Crippen LogP contribution in [0, 0.1) is 5.92 Å². The molecule has 1 fully saturated rings. The Balaban J connectivity index is 1.96. The van der Waals surface area contributed by atoms with Crippen LogP contribution in [0.1, 0.15) is 24.4 Å². The number of aromatic nitrogens is 1. The summed E-state index contributed by atoms with van der Waals surface area (Å²) in [6, 6.07) is 2.12. The standard InChI is InChI=1S/C11H18N2O2S/c1-16(14,15)7-6-13-5-4-10(8-13)11(12)9-2-3-9/h4-5,8-9,11H,2-3,6-7,12H2,1H3. The van der Waals surface area contributed by atoms with E-state index in [1.54, 1.807) is 0 Å². The van der Waals surface area contributed by atoms with Crippen molar-refractivity contribution in [2.45, 2.75) is 25.4 Å². The summed E-state index contributed by atoms with van der Waals surface area (Å²) in [5.74, 6) is 0.811. The molecule has 90 valence electrons. The number of nitrogens with zero attached hydrogens (tertiary/aromatic N) is 1. The Hall–Kier alpha value is -0.810. The average Bonchev–Trinajstić information content (AvgIpc) is 2.92. The Morgan fingerprint density at radius 3 is 2.81 bits per heavy atom. The molecule has 1 unspecified atom stereocenters. The number of nitrogens with two attached hydrogens (primary N) is 1. The van der Waals surface area contributed by atoms with Crippen LogP contribution < -0.4 is 5.73 Å². The van der Waals surface area contributed by atoms with Gasteiger partial charge in [0.1, 0.15) is 9.84 Å². The summed E-state index contributed by atoms with van der Waals surface area (Å²) in [7, 11) is -2.89. The van der Waals surface area contributed by atoms with Crippen LogP contribution >= 0.6 is 0 Å². The van der Waals surface area contributed by atoms with Gasteiger partial charge in [0.15, 0.2) is 0 Å². The van der Waals surface area contributed by atoms with Crippen molar-refractivity contribution < 1.29 is 8.42 Å². The van der Waals surface area contributed by atoms with Crippen molar-refractivity contribution in [1.82, 2.24) is 4.57 Å². The first-order chi connectivity index (χ1) is 7.46. The predicted molar refractivity (Wildman–Crippen MR) is 63.8 cm³/mol. The molecule has 16 heavy (non-hydrogen) atoms. The van der Waals surface area contributed by atoms with Crippen LogP contribution in [0.15, 0.2) is 18.5 Å². The maximum absolute atomic E-state index is 11.0. The van der Waals surface area contributed by atoms with Gasteiger partial charge in [-0.3, -0.25) is 0 Å². The van der Waals surface area contributed by atoms with Crippen molar-refractivity contribution in [2.75, 3.05) is 12.0 Å². The van der Waals surface area contributed by atoms with Gasteiger partial charge in [0, 0.05) is 31.2 Å². The normalized spacial score (nSPS) is 18.6. The Morgan fingerprint density at radius 2 is 2.25 bits per heavy atom. The highest BCUT2D eigenvalue weighted by molar-refractivity contribution is 7.90. The summed E-state index contributed by atoms with van der Waals surface area (Å²) >= 11 is 0. The molecular weight excluding hydrogens is 224 g/mol. The van der Waals surface area contributed by atoms with Gasteiger partial charge in [-0.05, 0) is 30.4 Å². The smallest absolute Gasteiger partial charge is 0.149 e. The van der Waals surface area contributed by atoms with E-state index < -0.39 is 9.84 Å². The third kappa shape index (κ3) is 3.09. The molecule has 1 saturated carbocycles. The highest BCUT2D eigenvalue weighted by atomic mass is 32.2. The van der Waals surface area contributed by atoms with Crippen molar-refractivity contribution in [3.8, 4) is 0 Å². The van der Waals surface area contributed by atoms with Crippen LogP contribution in [0.3, 0.4) is 0 Å². The Morgan fingerprint density at radius 1 is 1.56 bits per heavy atom. The Labute approximate surface area is 96.4 Å². The van der Waals surface area contributed by atoms with Crippen LogP contribution in [0.2, 0.25) is 0 Å². The van der Waals surface area contributed by atoms with Gasteiger partial charge >= 0.3 is 0 Å². The molecule has 0 saturated heterocycles. The first-order valence-electron chi connectivity index (χ1n) is 5.55. The molecule has 1 atom stereocenters. The molecule has 1 aromatic heterocycles. The van der Waals surface area contributed by atoms with Crippen molar-refractivity contribution in [3.63, 3.8) is 0 Å². The zero-order valence-electron chi connectivity index (χ0n) is 9.46. The number of hydrogen-bond acceptors (Lipinski definition) is 3. The van der Waals surface area contributed by atoms with E-state index in [2.05, 4.69) is 0 Å². The maximum Gasteiger partial charge on any atom is 0.149 e. The summed E-state index contributed by atoms with van der Waals surface area (Å²) in [6.07, 6.45) is 7.57. The first-order valence-corrected chi connectivity index (χ1v) is 7.61. The fourth-order valence-corrected chi connectivity index (χ4v) is 2.34. The number of hydrogen-bond donors (Lipinski definition) is 1. The molecule has 2 rings (SSSR count). The third-order valence-corrected chi connectivity index (χ3v) is 3.93. The van der Waals surface area contributed by atoms with E-state index >= 15 is 0 Å². The van der Waals surface area contributed by atoms with Crippen molar-refractivity contribution >= 4 is 9.84 Å². The predicted octanol–water partition coefficient (Wildman–Crippen LogP) is 0.942. The van der Waals surface area contributed by atoms with Crippen molar-refractivity contribution in [2.24, 2.45) is 11.7 Å². The summed E-state index contributed by atoms with van der Waals surface area (Å²) in [6.45, 7) is 0.510. The molecule has 0 aromatic carbocycles. The fourth-order valence-electron chi connectivity index (χ4n) is 1.79. The number of rotatable bonds is 5. The van der Waals surface area contributed by atoms with E-state index in [9.17, 15) is 8.42 Å². The van der Waals surface area contributed by atoms with E-state index in [1.165, 1.54) is 19.1 Å². The monoisotopic (exact) mass is 242 g/mol. The Kier molecular flexibility index (Phi) is 3.08. The molecule has 0 bridgehead atoms. The quantitative estimate of drug-likeness (QED) is 0.835. The molecule has 0 spiro atoms. The van der Waals surface area contributed by atoms with Crippen molar-refractivity contribution in [1.29, 1.82) is 0 Å². The van der Waals surface area contributed by atoms with E-state index in [-0.39, 0.29) is 11.8 Å². The zero-order valence-corrected chi connectivity index (χ0v) is 10.3. The minimum absolute atomic E-state index is 0.125. The van der Waals surface area contributed by atoms with Gasteiger partial charge in [0.25, 0.3) is 0 Å². The van der Waals surface area contributed by atoms with Gasteiger partial charge in [-0.15, -0.1) is 0 Å². The van der Waals surface area contributed by atoms with Crippen LogP contribution in [0.25, 0.3) is 0 Å². The van der Waals surface area contributed by atoms with Crippen LogP contribution in [-0.2, 0) is 16.4 Å². The molecule has 2 N–H and O–H groups in total. The van der Waals surface area contributed by atoms with E-state index in [1.807, 2.05) is 23.0 Å². The summed E-state index contributed by atoms with van der Waals surface area (Å²) in [4.78, 5) is 0. The van der Waals surface area contributed by atoms with Gasteiger partial charge < -0.3 is 10.3 Å². The molecule has 1 aliphatic rings. The molecule has 5 heteroatoms. The second-order valence-electron chi connectivity index (χ2n) is 4.68. The van der Waals surface area contributed by atoms with Gasteiger partial charge in [-0.25, -0.2) is 8.42 Å². The van der Waals surface area contributed by atoms with Gasteiger partial charge in [-0.1, -0.05) is 0 Å². The van der Waals surface area contributed by atoms with Crippen molar-refractivity contribution in [3.05, 3.63) is 24.0 Å². The molecule has 0 aliphatic heterocycles. The van der Waals surface area contributed by atoms with Gasteiger partial charge in [-0.2, -0.15) is 0 Å². The maximum atomic E-state index is 11.0. The van der Waals surface area contributed by atoms with Gasteiger partial charge in [0.05, 0.1) is 5.75 Å². The molecule has 1 aliphatic carbocycles. The molecule has 1 heterocycles. The highest BCUT2D eigenvalue weighted by Gasteiger charge is 2.29. The van der Waals surface area contributed by atoms with E-state index in [0.717, 1.165) is 5.56 Å². The molecule has 1 aromatic rings. The summed E-state index contributed by atoms with van der Waals surface area (Å²) < 4.78 is 24.0. The van der Waals surface area contributed by atoms with Gasteiger partial charge in [0.2, 0.25) is 0 Å². The molecular formula is C11H18N2O2S. The van der Waals surface area contributed by atoms with Crippen LogP contribution in [-0.4, -0.2) is 25.0 Å². The molecule has 4 nitrogen and oxygen atoms in total. The lowest BCUT2D eigenvalue weighted by Gasteiger charge is -2.07. The van der Waals surface area contributed by atoms with Crippen LogP contribution in [0.5, 0.6) is 0 Å². The lowest BCUT2D eigenvalue weighted by atomic mass is 10.1. The number of aryl methyl sites for hydroxylation is 1. The molecule has 0 radical (unpaired) electrons. The zero-order chi connectivity index (χ0) is 11.8. The molecule has 0 amide bonds. The minimum Gasteiger partial charge on any atom is -0.353 e. The first kappa shape index (κ1) is 11.7. The topological polar surface area (TPSA) is 65.1 Å². The highest BCUT2D eigenvalue weighted by Crippen LogP contribution is 2.39. The SMILES string of the molecule is CS(=O)(=O)CCn1ccc(C(N)C2CC2)c1. The summed E-state index contributed by atoms with van der Waals surface area (Å²) in [5, 5.41) is 0. The Bertz CT molecular complexity index is 460. The minimum atomic E-state index is -2.89. The fraction of sp³-hybridized carbons (Fsp3) is 0.636. The summed E-state index contributed by atoms with van der Waals surface area (Å²) in [5.41, 5.74) is 7.19. The average molecular weight is 242 g/mol. The second-order valence-corrected chi connectivity index (χ2v) is 6.94.